The van der Waals surface area contributed by atoms with Crippen molar-refractivity contribution in [3.05, 3.63) is 28.2 Å². The van der Waals surface area contributed by atoms with Crippen molar-refractivity contribution >= 4 is 15.9 Å². The van der Waals surface area contributed by atoms with E-state index in [0.29, 0.717) is 0 Å². The second-order valence-electron chi connectivity index (χ2n) is 5.58. The molecule has 2 rings (SSSR count). The molecule has 3 nitrogen and oxygen atoms in total. The summed E-state index contributed by atoms with van der Waals surface area (Å²) in [6.07, 6.45) is 9.36. The Bertz CT molecular complexity index is 447. The summed E-state index contributed by atoms with van der Waals surface area (Å²) in [5.74, 6) is 0. The van der Waals surface area contributed by atoms with Gasteiger partial charge in [0.1, 0.15) is 0 Å². The Balaban J connectivity index is 2.20. The van der Waals surface area contributed by atoms with Crippen LogP contribution in [0.25, 0.3) is 0 Å². The molecule has 1 saturated carbocycles. The van der Waals surface area contributed by atoms with Crippen molar-refractivity contribution in [2.45, 2.75) is 52.0 Å². The zero-order valence-corrected chi connectivity index (χ0v) is 12.6. The van der Waals surface area contributed by atoms with Crippen molar-refractivity contribution in [1.82, 2.24) is 9.78 Å². The number of hydrogen-bond acceptors (Lipinski definition) is 2. The number of halogens is 1. The molecule has 0 saturated heterocycles. The Labute approximate surface area is 117 Å². The molecule has 100 valence electrons. The maximum Gasteiger partial charge on any atom is 0.267 e. The van der Waals surface area contributed by atoms with Crippen molar-refractivity contribution in [2.24, 2.45) is 5.41 Å². The van der Waals surface area contributed by atoms with E-state index in [9.17, 15) is 4.79 Å². The molecule has 1 aromatic rings. The van der Waals surface area contributed by atoms with E-state index >= 15 is 0 Å². The maximum absolute atomic E-state index is 11.9. The Morgan fingerprint density at radius 3 is 2.56 bits per heavy atom. The van der Waals surface area contributed by atoms with Gasteiger partial charge in [-0.3, -0.25) is 4.79 Å². The van der Waals surface area contributed by atoms with Crippen LogP contribution in [0.2, 0.25) is 0 Å². The van der Waals surface area contributed by atoms with Gasteiger partial charge in [0.2, 0.25) is 0 Å². The minimum atomic E-state index is 0.0274. The smallest absolute Gasteiger partial charge is 0.267 e. The Kier molecular flexibility index (Phi) is 4.60. The molecule has 18 heavy (non-hydrogen) atoms. The van der Waals surface area contributed by atoms with Crippen molar-refractivity contribution < 1.29 is 0 Å². The zero-order valence-electron chi connectivity index (χ0n) is 11.0. The topological polar surface area (TPSA) is 34.9 Å². The van der Waals surface area contributed by atoms with Gasteiger partial charge in [0.05, 0.1) is 12.7 Å². The predicted molar refractivity (Wildman–Crippen MR) is 77.2 cm³/mol. The molecule has 4 heteroatoms. The standard InChI is InChI=1S/C14H21BrN2O/c1-12-8-13(18)17(16-9-12)11-14(10-15)6-4-2-3-5-7-14/h8-9H,2-7,10-11H2,1H3. The van der Waals surface area contributed by atoms with Gasteiger partial charge in [0, 0.05) is 11.4 Å². The monoisotopic (exact) mass is 312 g/mol. The number of aromatic nitrogens is 2. The summed E-state index contributed by atoms with van der Waals surface area (Å²) in [7, 11) is 0. The van der Waals surface area contributed by atoms with Crippen molar-refractivity contribution in [2.75, 3.05) is 5.33 Å². The lowest BCUT2D eigenvalue weighted by atomic mass is 9.82. The quantitative estimate of drug-likeness (QED) is 0.634. The molecular weight excluding hydrogens is 292 g/mol. The Hall–Kier alpha value is -0.640. The molecule has 0 atom stereocenters. The normalized spacial score (nSPS) is 19.4. The van der Waals surface area contributed by atoms with Gasteiger partial charge in [0.15, 0.2) is 0 Å². The first kappa shape index (κ1) is 13.8. The van der Waals surface area contributed by atoms with Gasteiger partial charge in [0.25, 0.3) is 5.56 Å². The molecule has 0 aliphatic heterocycles. The van der Waals surface area contributed by atoms with Crippen LogP contribution >= 0.6 is 15.9 Å². The number of rotatable bonds is 3. The Morgan fingerprint density at radius 2 is 2.00 bits per heavy atom. The SMILES string of the molecule is Cc1cnn(CC2(CBr)CCCCCC2)c(=O)c1. The van der Waals surface area contributed by atoms with Crippen LogP contribution in [0, 0.1) is 12.3 Å². The summed E-state index contributed by atoms with van der Waals surface area (Å²) in [5.41, 5.74) is 1.17. The summed E-state index contributed by atoms with van der Waals surface area (Å²) in [4.78, 5) is 11.9. The number of nitrogens with zero attached hydrogens (tertiary/aromatic N) is 2. The number of aryl methyl sites for hydroxylation is 1. The average Bonchev–Trinajstić information content (AvgIpc) is 2.59. The second kappa shape index (κ2) is 6.00. The molecule has 0 unspecified atom stereocenters. The molecule has 1 aliphatic rings. The van der Waals surface area contributed by atoms with E-state index in [1.807, 2.05) is 6.92 Å². The van der Waals surface area contributed by atoms with Crippen LogP contribution in [0.3, 0.4) is 0 Å². The first-order valence-corrected chi connectivity index (χ1v) is 7.87. The molecule has 0 radical (unpaired) electrons. The fourth-order valence-electron chi connectivity index (χ4n) is 2.77. The summed E-state index contributed by atoms with van der Waals surface area (Å²) in [6, 6.07) is 1.67. The third-order valence-corrected chi connectivity index (χ3v) is 5.13. The van der Waals surface area contributed by atoms with E-state index in [0.717, 1.165) is 17.4 Å². The molecule has 1 aromatic heterocycles. The molecule has 0 bridgehead atoms. The minimum Gasteiger partial charge on any atom is -0.268 e. The van der Waals surface area contributed by atoms with E-state index in [-0.39, 0.29) is 11.0 Å². The molecule has 0 spiro atoms. The predicted octanol–water partition coefficient (Wildman–Crippen LogP) is 3.29. The minimum absolute atomic E-state index is 0.0274. The fourth-order valence-corrected chi connectivity index (χ4v) is 3.51. The highest BCUT2D eigenvalue weighted by atomic mass is 79.9. The van der Waals surface area contributed by atoms with Crippen LogP contribution in [0.1, 0.15) is 44.1 Å². The molecule has 0 N–H and O–H groups in total. The lowest BCUT2D eigenvalue weighted by Crippen LogP contribution is -2.34. The third kappa shape index (κ3) is 3.22. The zero-order chi connectivity index (χ0) is 13.0. The molecule has 0 aromatic carbocycles. The van der Waals surface area contributed by atoms with Gasteiger partial charge in [-0.15, -0.1) is 0 Å². The summed E-state index contributed by atoms with van der Waals surface area (Å²) >= 11 is 3.66. The van der Waals surface area contributed by atoms with Crippen LogP contribution in [0.4, 0.5) is 0 Å². The van der Waals surface area contributed by atoms with Gasteiger partial charge < -0.3 is 0 Å². The van der Waals surface area contributed by atoms with E-state index in [2.05, 4.69) is 21.0 Å². The second-order valence-corrected chi connectivity index (χ2v) is 6.14. The van der Waals surface area contributed by atoms with Gasteiger partial charge in [-0.1, -0.05) is 41.6 Å². The summed E-state index contributed by atoms with van der Waals surface area (Å²) in [5, 5.41) is 5.24. The first-order valence-electron chi connectivity index (χ1n) is 6.75. The van der Waals surface area contributed by atoms with E-state index in [1.165, 1.54) is 38.5 Å². The lowest BCUT2D eigenvalue weighted by Gasteiger charge is -2.30. The molecule has 0 amide bonds. The van der Waals surface area contributed by atoms with E-state index in [4.69, 9.17) is 0 Å². The van der Waals surface area contributed by atoms with Gasteiger partial charge in [-0.25, -0.2) is 4.68 Å². The molecule has 1 heterocycles. The maximum atomic E-state index is 11.9. The van der Waals surface area contributed by atoms with Crippen LogP contribution < -0.4 is 5.56 Å². The third-order valence-electron chi connectivity index (χ3n) is 3.94. The van der Waals surface area contributed by atoms with Crippen LogP contribution in [-0.4, -0.2) is 15.1 Å². The van der Waals surface area contributed by atoms with Crippen LogP contribution in [0.15, 0.2) is 17.1 Å². The van der Waals surface area contributed by atoms with Gasteiger partial charge in [-0.2, -0.15) is 5.10 Å². The number of alkyl halides is 1. The Morgan fingerprint density at radius 1 is 1.33 bits per heavy atom. The van der Waals surface area contributed by atoms with Gasteiger partial charge in [-0.05, 0) is 30.7 Å². The number of hydrogen-bond donors (Lipinski definition) is 0. The summed E-state index contributed by atoms with van der Waals surface area (Å²) < 4.78 is 1.64. The van der Waals surface area contributed by atoms with Crippen molar-refractivity contribution in [3.63, 3.8) is 0 Å². The van der Waals surface area contributed by atoms with Crippen molar-refractivity contribution in [3.8, 4) is 0 Å². The first-order chi connectivity index (χ1) is 8.65. The molecule has 1 aliphatic carbocycles. The molecule has 1 fully saturated rings. The lowest BCUT2D eigenvalue weighted by molar-refractivity contribution is 0.227. The van der Waals surface area contributed by atoms with Crippen molar-refractivity contribution in [1.29, 1.82) is 0 Å². The highest BCUT2D eigenvalue weighted by Crippen LogP contribution is 2.37. The highest BCUT2D eigenvalue weighted by Gasteiger charge is 2.31. The highest BCUT2D eigenvalue weighted by molar-refractivity contribution is 9.09. The van der Waals surface area contributed by atoms with Crippen LogP contribution in [0.5, 0.6) is 0 Å². The van der Waals surface area contributed by atoms with Gasteiger partial charge >= 0.3 is 0 Å². The summed E-state index contributed by atoms with van der Waals surface area (Å²) in [6.45, 7) is 2.65. The largest absolute Gasteiger partial charge is 0.268 e. The fraction of sp³-hybridized carbons (Fsp3) is 0.714. The van der Waals surface area contributed by atoms with Crippen LogP contribution in [-0.2, 0) is 6.54 Å². The van der Waals surface area contributed by atoms with E-state index < -0.39 is 0 Å². The van der Waals surface area contributed by atoms with E-state index in [1.54, 1.807) is 16.9 Å². The molecular formula is C14H21BrN2O. The average molecular weight is 313 g/mol.